The average molecular weight is 597 g/mol. The van der Waals surface area contributed by atoms with Gasteiger partial charge in [0.2, 0.25) is 5.69 Å². The highest BCUT2D eigenvalue weighted by molar-refractivity contribution is 6.03. The molecule has 5 rings (SSSR count). The summed E-state index contributed by atoms with van der Waals surface area (Å²) in [5.41, 5.74) is 19.0. The maximum absolute atomic E-state index is 6.22. The van der Waals surface area contributed by atoms with Gasteiger partial charge in [-0.1, -0.05) is 88.2 Å². The van der Waals surface area contributed by atoms with Crippen molar-refractivity contribution in [3.05, 3.63) is 107 Å². The van der Waals surface area contributed by atoms with Gasteiger partial charge in [0.15, 0.2) is 12.3 Å². The number of para-hydroxylation sites is 2. The Morgan fingerprint density at radius 3 is 2.14 bits per heavy atom. The zero-order valence-corrected chi connectivity index (χ0v) is 28.6. The quantitative estimate of drug-likeness (QED) is 0.224. The van der Waals surface area contributed by atoms with Crippen LogP contribution in [0.5, 0.6) is 5.75 Å². The summed E-state index contributed by atoms with van der Waals surface area (Å²) in [5, 5.41) is 0. The third kappa shape index (κ3) is 8.28. The predicted octanol–water partition coefficient (Wildman–Crippen LogP) is 9.42. The summed E-state index contributed by atoms with van der Waals surface area (Å²) >= 11 is 0. The van der Waals surface area contributed by atoms with E-state index in [9.17, 15) is 0 Å². The molecule has 1 aliphatic carbocycles. The number of hydrogen-bond acceptors (Lipinski definition) is 3. The van der Waals surface area contributed by atoms with E-state index in [0.717, 1.165) is 43.9 Å². The van der Waals surface area contributed by atoms with Crippen LogP contribution >= 0.6 is 0 Å². The molecule has 4 nitrogen and oxygen atoms in total. The summed E-state index contributed by atoms with van der Waals surface area (Å²) in [7, 11) is 0. The summed E-state index contributed by atoms with van der Waals surface area (Å²) in [4.78, 5) is 0. The molecule has 44 heavy (non-hydrogen) atoms. The van der Waals surface area contributed by atoms with Gasteiger partial charge in [-0.3, -0.25) is 0 Å². The molecule has 2 aromatic carbocycles. The topological polar surface area (TPSA) is 64.3 Å². The van der Waals surface area contributed by atoms with E-state index in [1.54, 1.807) is 0 Å². The normalized spacial score (nSPS) is 19.5. The molecule has 0 bridgehead atoms. The van der Waals surface area contributed by atoms with Crippen molar-refractivity contribution in [2.24, 2.45) is 11.5 Å². The lowest BCUT2D eigenvalue weighted by Gasteiger charge is -2.18. The molecule has 0 fully saturated rings. The van der Waals surface area contributed by atoms with Crippen LogP contribution in [0.15, 0.2) is 95.8 Å². The van der Waals surface area contributed by atoms with Gasteiger partial charge >= 0.3 is 0 Å². The van der Waals surface area contributed by atoms with Crippen LogP contribution in [0.4, 0.5) is 5.69 Å². The zero-order chi connectivity index (χ0) is 32.2. The Hall–Kier alpha value is -3.21. The molecule has 2 aromatic rings. The Bertz CT molecular complexity index is 1380. The number of ether oxygens (including phenoxy) is 1. The number of hydrogen-bond donors (Lipinski definition) is 2. The molecule has 4 N–H and O–H groups in total. The van der Waals surface area contributed by atoms with Gasteiger partial charge in [-0.25, -0.2) is 0 Å². The lowest BCUT2D eigenvalue weighted by atomic mass is 9.81. The molecule has 0 saturated carbocycles. The van der Waals surface area contributed by atoms with Crippen LogP contribution in [0.2, 0.25) is 0 Å². The van der Waals surface area contributed by atoms with Crippen LogP contribution in [-0.2, 0) is 10.8 Å². The Morgan fingerprint density at radius 1 is 0.795 bits per heavy atom. The van der Waals surface area contributed by atoms with Crippen molar-refractivity contribution >= 4 is 11.4 Å². The Morgan fingerprint density at radius 2 is 1.48 bits per heavy atom. The van der Waals surface area contributed by atoms with E-state index in [1.165, 1.54) is 59.4 Å². The summed E-state index contributed by atoms with van der Waals surface area (Å²) < 4.78 is 8.69. The first-order valence-corrected chi connectivity index (χ1v) is 17.0. The molecule has 4 heteroatoms. The number of allylic oxidation sites excluding steroid dienone is 8. The van der Waals surface area contributed by atoms with Gasteiger partial charge in [-0.15, -0.1) is 0 Å². The minimum Gasteiger partial charge on any atom is -0.460 e. The average Bonchev–Trinajstić information content (AvgIpc) is 3.43. The van der Waals surface area contributed by atoms with Crippen molar-refractivity contribution in [3.63, 3.8) is 0 Å². The molecule has 0 atom stereocenters. The molecule has 238 valence electrons. The van der Waals surface area contributed by atoms with Crippen LogP contribution in [0.1, 0.15) is 105 Å². The third-order valence-corrected chi connectivity index (χ3v) is 8.79. The second kappa shape index (κ2) is 16.7. The van der Waals surface area contributed by atoms with E-state index < -0.39 is 0 Å². The van der Waals surface area contributed by atoms with Crippen LogP contribution in [0.3, 0.4) is 0 Å². The van der Waals surface area contributed by atoms with Crippen molar-refractivity contribution in [3.8, 4) is 5.75 Å². The molecule has 0 unspecified atom stereocenters. The van der Waals surface area contributed by atoms with Crippen molar-refractivity contribution in [2.45, 2.75) is 104 Å². The highest BCUT2D eigenvalue weighted by Gasteiger charge is 2.43. The van der Waals surface area contributed by atoms with E-state index in [0.29, 0.717) is 6.54 Å². The van der Waals surface area contributed by atoms with Gasteiger partial charge in [0.25, 0.3) is 0 Å². The summed E-state index contributed by atoms with van der Waals surface area (Å²) in [6.07, 6.45) is 19.6. The van der Waals surface area contributed by atoms with Crippen LogP contribution in [-0.4, -0.2) is 29.9 Å². The van der Waals surface area contributed by atoms with Gasteiger partial charge in [0.1, 0.15) is 11.5 Å². The molecule has 2 heterocycles. The van der Waals surface area contributed by atoms with Gasteiger partial charge in [0.05, 0.1) is 10.8 Å². The van der Waals surface area contributed by atoms with E-state index >= 15 is 0 Å². The first-order chi connectivity index (χ1) is 21.2. The molecule has 0 amide bonds. The number of nitrogens with zero attached hydrogens (tertiary/aromatic N) is 1. The number of benzene rings is 2. The number of unbranched alkanes of at least 4 members (excludes halogenated alkanes) is 2. The van der Waals surface area contributed by atoms with Gasteiger partial charge in [0, 0.05) is 29.7 Å². The molecule has 2 aliphatic heterocycles. The van der Waals surface area contributed by atoms with Gasteiger partial charge < -0.3 is 16.2 Å². The van der Waals surface area contributed by atoms with Gasteiger partial charge in [-0.2, -0.15) is 4.58 Å². The molecule has 0 spiro atoms. The van der Waals surface area contributed by atoms with Crippen LogP contribution < -0.4 is 16.2 Å². The third-order valence-electron chi connectivity index (χ3n) is 8.79. The second-order valence-corrected chi connectivity index (χ2v) is 12.7. The fourth-order valence-corrected chi connectivity index (χ4v) is 6.23. The summed E-state index contributed by atoms with van der Waals surface area (Å²) in [6.45, 7) is 17.8. The predicted molar refractivity (Wildman–Crippen MR) is 190 cm³/mol. The lowest BCUT2D eigenvalue weighted by molar-refractivity contribution is -0.437. The molecule has 3 aliphatic rings. The van der Waals surface area contributed by atoms with Gasteiger partial charge in [-0.05, 0) is 89.8 Å². The number of rotatable bonds is 9. The zero-order valence-electron chi connectivity index (χ0n) is 28.6. The standard InChI is InChI=1S/C33H39N2O.C5H13N.C2H6/c1-32(2)26-13-5-7-15-28(26)35(22-10-21-34)30(32)19-17-24-11-9-12-25(23-24)18-20-31-33(3,4)27-14-6-8-16-29(27)36-31;1-2-3-4-5-6;1-2/h5-8,13-20,23H,9-12,21-22,34H2,1-4H3;2-6H2,1H3;1-2H3/q+1;;/b19-17+,25-18+,31-20+;;. The smallest absolute Gasteiger partial charge is 0.209 e. The van der Waals surface area contributed by atoms with Crippen molar-refractivity contribution in [2.75, 3.05) is 19.6 Å². The Kier molecular flexibility index (Phi) is 13.4. The Labute approximate surface area is 268 Å². The largest absolute Gasteiger partial charge is 0.460 e. The van der Waals surface area contributed by atoms with Crippen LogP contribution in [0, 0.1) is 0 Å². The summed E-state index contributed by atoms with van der Waals surface area (Å²) in [5.74, 6) is 2.00. The first-order valence-electron chi connectivity index (χ1n) is 17.0. The van der Waals surface area contributed by atoms with Crippen molar-refractivity contribution < 1.29 is 9.31 Å². The van der Waals surface area contributed by atoms with E-state index in [2.05, 4.69) is 112 Å². The number of nitrogens with two attached hydrogens (primary N) is 2. The molecule has 0 saturated heterocycles. The monoisotopic (exact) mass is 596 g/mol. The van der Waals surface area contributed by atoms with Crippen molar-refractivity contribution in [1.82, 2.24) is 0 Å². The fraction of sp³-hybridized carbons (Fsp3) is 0.475. The minimum atomic E-state index is -0.110. The minimum absolute atomic E-state index is 0.0274. The number of fused-ring (bicyclic) bond motifs is 2. The highest BCUT2D eigenvalue weighted by Crippen LogP contribution is 2.45. The second-order valence-electron chi connectivity index (χ2n) is 12.7. The maximum Gasteiger partial charge on any atom is 0.209 e. The summed E-state index contributed by atoms with van der Waals surface area (Å²) in [6, 6.07) is 17.2. The molecular formula is C40H58N3O+. The maximum atomic E-state index is 6.22. The van der Waals surface area contributed by atoms with E-state index in [4.69, 9.17) is 16.2 Å². The molecule has 0 radical (unpaired) electrons. The Balaban J connectivity index is 0.000000593. The van der Waals surface area contributed by atoms with Crippen LogP contribution in [0.25, 0.3) is 0 Å². The fourth-order valence-electron chi connectivity index (χ4n) is 6.23. The van der Waals surface area contributed by atoms with E-state index in [1.807, 2.05) is 19.9 Å². The first kappa shape index (κ1) is 35.3. The highest BCUT2D eigenvalue weighted by atomic mass is 16.5. The molecular weight excluding hydrogens is 538 g/mol. The van der Waals surface area contributed by atoms with E-state index in [-0.39, 0.29) is 10.8 Å². The molecule has 0 aromatic heterocycles. The SMILES string of the molecule is CC.CC1(C)C(/C=C/C2=CC(=C/C=C3/Oc4ccccc4C3(C)C)/CCC2)=[N+](CCCN)c2ccccc21.CCCCCN. The lowest BCUT2D eigenvalue weighted by Crippen LogP contribution is -2.28. The van der Waals surface area contributed by atoms with Crippen molar-refractivity contribution in [1.29, 1.82) is 0 Å².